The number of para-hydroxylation sites is 3. The normalized spacial score (nSPS) is 11.5. The molecule has 0 aliphatic carbocycles. The van der Waals surface area contributed by atoms with Crippen molar-refractivity contribution in [3.63, 3.8) is 0 Å². The molecule has 0 radical (unpaired) electrons. The zero-order chi connectivity index (χ0) is 33.7. The van der Waals surface area contributed by atoms with Gasteiger partial charge in [0.15, 0.2) is 5.58 Å². The molecular formula is C48H31NO2. The number of fused-ring (bicyclic) bond motifs is 6. The van der Waals surface area contributed by atoms with E-state index < -0.39 is 0 Å². The van der Waals surface area contributed by atoms with Crippen LogP contribution >= 0.6 is 0 Å². The summed E-state index contributed by atoms with van der Waals surface area (Å²) in [5.74, 6) is 0. The summed E-state index contributed by atoms with van der Waals surface area (Å²) < 4.78 is 13.7. The Morgan fingerprint density at radius 3 is 1.55 bits per heavy atom. The molecule has 0 saturated heterocycles. The van der Waals surface area contributed by atoms with Crippen molar-refractivity contribution in [3.8, 4) is 33.4 Å². The summed E-state index contributed by atoms with van der Waals surface area (Å²) in [5.41, 5.74) is 13.3. The number of furan rings is 2. The zero-order valence-electron chi connectivity index (χ0n) is 27.7. The lowest BCUT2D eigenvalue weighted by Crippen LogP contribution is -2.10. The van der Waals surface area contributed by atoms with E-state index in [0.29, 0.717) is 0 Å². The number of anilines is 3. The monoisotopic (exact) mass is 653 g/mol. The van der Waals surface area contributed by atoms with E-state index in [4.69, 9.17) is 8.83 Å². The van der Waals surface area contributed by atoms with Gasteiger partial charge in [0.1, 0.15) is 16.7 Å². The predicted octanol–water partition coefficient (Wildman–Crippen LogP) is 14.0. The van der Waals surface area contributed by atoms with Crippen LogP contribution in [-0.4, -0.2) is 0 Å². The summed E-state index contributed by atoms with van der Waals surface area (Å²) >= 11 is 0. The molecule has 3 nitrogen and oxygen atoms in total. The van der Waals surface area contributed by atoms with Gasteiger partial charge in [-0.25, -0.2) is 0 Å². The third kappa shape index (κ3) is 4.90. The number of hydrogen-bond acceptors (Lipinski definition) is 3. The van der Waals surface area contributed by atoms with Crippen molar-refractivity contribution in [1.29, 1.82) is 0 Å². The lowest BCUT2D eigenvalue weighted by atomic mass is 9.95. The van der Waals surface area contributed by atoms with Gasteiger partial charge in [0.25, 0.3) is 0 Å². The Labute approximate surface area is 295 Å². The van der Waals surface area contributed by atoms with Gasteiger partial charge in [-0.3, -0.25) is 0 Å². The van der Waals surface area contributed by atoms with Crippen LogP contribution in [0.2, 0.25) is 0 Å². The first-order valence-electron chi connectivity index (χ1n) is 17.3. The van der Waals surface area contributed by atoms with Gasteiger partial charge in [-0.15, -0.1) is 0 Å². The molecule has 8 aromatic carbocycles. The van der Waals surface area contributed by atoms with Gasteiger partial charge >= 0.3 is 0 Å². The molecule has 0 amide bonds. The first kappa shape index (κ1) is 29.1. The average molecular weight is 654 g/mol. The molecule has 0 spiro atoms. The highest BCUT2D eigenvalue weighted by atomic mass is 16.3. The maximum Gasteiger partial charge on any atom is 0.159 e. The Hall–Kier alpha value is -6.84. The molecule has 0 N–H and O–H groups in total. The second-order valence-corrected chi connectivity index (χ2v) is 12.9. The molecular weight excluding hydrogens is 623 g/mol. The molecule has 0 unspecified atom stereocenters. The molecule has 10 rings (SSSR count). The lowest BCUT2D eigenvalue weighted by molar-refractivity contribution is 0.665. The molecule has 10 aromatic rings. The number of hydrogen-bond donors (Lipinski definition) is 0. The minimum absolute atomic E-state index is 0.822. The lowest BCUT2D eigenvalue weighted by Gasteiger charge is -2.25. The van der Waals surface area contributed by atoms with Crippen LogP contribution in [0.4, 0.5) is 17.1 Å². The Balaban J connectivity index is 1.21. The van der Waals surface area contributed by atoms with Crippen molar-refractivity contribution in [2.45, 2.75) is 0 Å². The summed E-state index contributed by atoms with van der Waals surface area (Å²) in [6.45, 7) is 0. The predicted molar refractivity (Wildman–Crippen MR) is 212 cm³/mol. The van der Waals surface area contributed by atoms with E-state index in [0.717, 1.165) is 72.1 Å². The van der Waals surface area contributed by atoms with E-state index in [1.807, 2.05) is 24.3 Å². The van der Waals surface area contributed by atoms with Gasteiger partial charge in [0.2, 0.25) is 0 Å². The molecule has 240 valence electrons. The maximum absolute atomic E-state index is 7.14. The molecule has 3 heteroatoms. The topological polar surface area (TPSA) is 29.5 Å². The number of benzene rings is 8. The highest BCUT2D eigenvalue weighted by Gasteiger charge is 2.24. The summed E-state index contributed by atoms with van der Waals surface area (Å²) in [4.78, 5) is 2.29. The molecule has 0 aliphatic rings. The van der Waals surface area contributed by atoms with Crippen molar-refractivity contribution >= 4 is 60.9 Å². The van der Waals surface area contributed by atoms with E-state index in [2.05, 4.69) is 169 Å². The first-order valence-corrected chi connectivity index (χ1v) is 17.3. The van der Waals surface area contributed by atoms with Crippen molar-refractivity contribution in [2.24, 2.45) is 0 Å². The van der Waals surface area contributed by atoms with Gasteiger partial charge in [0.05, 0.1) is 5.69 Å². The Morgan fingerprint density at radius 2 is 0.863 bits per heavy atom. The SMILES string of the molecule is c1ccc(-c2ccc(-c3c4oc5c(N(c6ccccc6)c6ccc(-c7ccccc7)cc6)cccc5c4cc4oc5ccccc5c34)cc2)cc1. The highest BCUT2D eigenvalue weighted by Crippen LogP contribution is 2.48. The minimum atomic E-state index is 0.822. The molecule has 0 saturated carbocycles. The number of rotatable bonds is 6. The van der Waals surface area contributed by atoms with Crippen LogP contribution in [-0.2, 0) is 0 Å². The maximum atomic E-state index is 7.14. The van der Waals surface area contributed by atoms with Crippen LogP contribution in [0.3, 0.4) is 0 Å². The van der Waals surface area contributed by atoms with Gasteiger partial charge in [0, 0.05) is 38.5 Å². The van der Waals surface area contributed by atoms with Crippen molar-refractivity contribution < 1.29 is 8.83 Å². The molecule has 0 fully saturated rings. The fourth-order valence-corrected chi connectivity index (χ4v) is 7.47. The number of nitrogens with zero attached hydrogens (tertiary/aromatic N) is 1. The summed E-state index contributed by atoms with van der Waals surface area (Å²) in [7, 11) is 0. The molecule has 2 heterocycles. The van der Waals surface area contributed by atoms with Gasteiger partial charge < -0.3 is 13.7 Å². The van der Waals surface area contributed by atoms with Crippen LogP contribution < -0.4 is 4.90 Å². The van der Waals surface area contributed by atoms with Gasteiger partial charge in [-0.05, 0) is 70.3 Å². The fourth-order valence-electron chi connectivity index (χ4n) is 7.47. The summed E-state index contributed by atoms with van der Waals surface area (Å²) in [6, 6.07) is 65.9. The van der Waals surface area contributed by atoms with Crippen molar-refractivity contribution in [3.05, 3.63) is 188 Å². The minimum Gasteiger partial charge on any atom is -0.456 e. The van der Waals surface area contributed by atoms with Crippen LogP contribution in [0.5, 0.6) is 0 Å². The van der Waals surface area contributed by atoms with E-state index in [1.165, 1.54) is 22.3 Å². The molecule has 0 bridgehead atoms. The fraction of sp³-hybridized carbons (Fsp3) is 0. The van der Waals surface area contributed by atoms with E-state index >= 15 is 0 Å². The average Bonchev–Trinajstić information content (AvgIpc) is 3.77. The van der Waals surface area contributed by atoms with Gasteiger partial charge in [-0.2, -0.15) is 0 Å². The second-order valence-electron chi connectivity index (χ2n) is 12.9. The second kappa shape index (κ2) is 11.9. The molecule has 51 heavy (non-hydrogen) atoms. The van der Waals surface area contributed by atoms with E-state index in [9.17, 15) is 0 Å². The quantitative estimate of drug-likeness (QED) is 0.179. The van der Waals surface area contributed by atoms with Crippen LogP contribution in [0.25, 0.3) is 77.3 Å². The largest absolute Gasteiger partial charge is 0.456 e. The Morgan fingerprint density at radius 1 is 0.333 bits per heavy atom. The van der Waals surface area contributed by atoms with Crippen molar-refractivity contribution in [1.82, 2.24) is 0 Å². The first-order chi connectivity index (χ1) is 25.3. The van der Waals surface area contributed by atoms with Crippen LogP contribution in [0, 0.1) is 0 Å². The molecule has 0 atom stereocenters. The summed E-state index contributed by atoms with van der Waals surface area (Å²) in [5, 5.41) is 4.19. The zero-order valence-corrected chi connectivity index (χ0v) is 27.7. The van der Waals surface area contributed by atoms with E-state index in [-0.39, 0.29) is 0 Å². The Kier molecular flexibility index (Phi) is 6.81. The molecule has 2 aromatic heterocycles. The summed E-state index contributed by atoms with van der Waals surface area (Å²) in [6.07, 6.45) is 0. The Bertz CT molecular complexity index is 2820. The van der Waals surface area contributed by atoms with Crippen LogP contribution in [0.15, 0.2) is 197 Å². The third-order valence-electron chi connectivity index (χ3n) is 9.88. The highest BCUT2D eigenvalue weighted by molar-refractivity contribution is 6.24. The molecule has 0 aliphatic heterocycles. The standard InChI is InChI=1S/C48H31NO2/c1-4-13-32(14-5-1)34-23-25-36(26-24-34)45-46-40-19-10-11-22-43(40)50-44(46)31-41-39-20-12-21-42(47(39)51-48(41)45)49(37-17-8-3-9-18-37)38-29-27-35(28-30-38)33-15-6-2-7-16-33/h1-31H. The van der Waals surface area contributed by atoms with Gasteiger partial charge in [-0.1, -0.05) is 146 Å². The van der Waals surface area contributed by atoms with E-state index in [1.54, 1.807) is 0 Å². The van der Waals surface area contributed by atoms with Crippen LogP contribution in [0.1, 0.15) is 0 Å². The van der Waals surface area contributed by atoms with Crippen molar-refractivity contribution in [2.75, 3.05) is 4.90 Å². The smallest absolute Gasteiger partial charge is 0.159 e. The third-order valence-corrected chi connectivity index (χ3v) is 9.88.